The van der Waals surface area contributed by atoms with Gasteiger partial charge in [-0.05, 0) is 22.0 Å². The third-order valence-electron chi connectivity index (χ3n) is 3.19. The second kappa shape index (κ2) is 8.85. The molecule has 1 heterocycles. The molecule has 2 N–H and O–H groups in total. The summed E-state index contributed by atoms with van der Waals surface area (Å²) in [4.78, 5) is 2.17. The van der Waals surface area contributed by atoms with Gasteiger partial charge in [0.1, 0.15) is 0 Å². The quantitative estimate of drug-likeness (QED) is 0.781. The lowest BCUT2D eigenvalue weighted by Crippen LogP contribution is -2.44. The molecule has 1 aliphatic rings. The lowest BCUT2D eigenvalue weighted by Gasteiger charge is -2.33. The maximum absolute atomic E-state index is 13.7. The Bertz CT molecular complexity index is 456. The highest BCUT2D eigenvalue weighted by Crippen LogP contribution is 2.34. The molecule has 0 aliphatic carbocycles. The van der Waals surface area contributed by atoms with E-state index in [2.05, 4.69) is 32.7 Å². The van der Waals surface area contributed by atoms with E-state index >= 15 is 0 Å². The van der Waals surface area contributed by atoms with Crippen molar-refractivity contribution in [3.8, 4) is 5.75 Å². The molecule has 0 unspecified atom stereocenters. The van der Waals surface area contributed by atoms with Gasteiger partial charge >= 0.3 is 0 Å². The van der Waals surface area contributed by atoms with Crippen LogP contribution in [0.4, 0.5) is 4.39 Å². The summed E-state index contributed by atoms with van der Waals surface area (Å²) in [6, 6.07) is 3.19. The number of rotatable bonds is 3. The SMILES string of the molecule is C=C[C@@H](c1ccc(Br)c(F)c1O)N1CCNCC1.Cl.Cl. The standard InChI is InChI=1S/C13H16BrFN2O.2ClH/c1-2-11(17-7-5-16-6-8-17)9-3-4-10(14)12(15)13(9)18;;/h2-4,11,16,18H,1,5-8H2;2*1H/t11-;;/m0../s1. The Kier molecular flexibility index (Phi) is 8.70. The van der Waals surface area contributed by atoms with Gasteiger partial charge in [0.25, 0.3) is 0 Å². The van der Waals surface area contributed by atoms with Crippen molar-refractivity contribution in [1.82, 2.24) is 10.2 Å². The van der Waals surface area contributed by atoms with Gasteiger partial charge in [-0.1, -0.05) is 12.1 Å². The van der Waals surface area contributed by atoms with Crippen LogP contribution in [0.2, 0.25) is 0 Å². The summed E-state index contributed by atoms with van der Waals surface area (Å²) >= 11 is 3.06. The van der Waals surface area contributed by atoms with E-state index in [1.54, 1.807) is 18.2 Å². The maximum atomic E-state index is 13.7. The fourth-order valence-corrected chi connectivity index (χ4v) is 2.55. The Morgan fingerprint density at radius 2 is 1.95 bits per heavy atom. The van der Waals surface area contributed by atoms with Gasteiger partial charge in [0, 0.05) is 31.7 Å². The van der Waals surface area contributed by atoms with E-state index < -0.39 is 5.82 Å². The molecule has 1 aliphatic heterocycles. The van der Waals surface area contributed by atoms with Gasteiger partial charge < -0.3 is 10.4 Å². The molecule has 0 bridgehead atoms. The number of aromatic hydroxyl groups is 1. The zero-order valence-electron chi connectivity index (χ0n) is 10.8. The Morgan fingerprint density at radius 3 is 2.50 bits per heavy atom. The average Bonchev–Trinajstić information content (AvgIpc) is 2.41. The van der Waals surface area contributed by atoms with Crippen LogP contribution in [0.3, 0.4) is 0 Å². The van der Waals surface area contributed by atoms with Gasteiger partial charge in [0.2, 0.25) is 0 Å². The number of halogens is 4. The Balaban J connectivity index is 0.00000180. The molecule has 1 aromatic carbocycles. The molecule has 1 saturated heterocycles. The van der Waals surface area contributed by atoms with Crippen molar-refractivity contribution in [2.45, 2.75) is 6.04 Å². The van der Waals surface area contributed by atoms with Gasteiger partial charge in [0.15, 0.2) is 11.6 Å². The lowest BCUT2D eigenvalue weighted by molar-refractivity contribution is 0.200. The Morgan fingerprint density at radius 1 is 1.35 bits per heavy atom. The largest absolute Gasteiger partial charge is 0.505 e. The number of phenols is 1. The third-order valence-corrected chi connectivity index (χ3v) is 3.80. The molecule has 114 valence electrons. The van der Waals surface area contributed by atoms with Gasteiger partial charge in [-0.3, -0.25) is 4.90 Å². The highest BCUT2D eigenvalue weighted by Gasteiger charge is 2.23. The number of nitrogens with one attached hydrogen (secondary N) is 1. The van der Waals surface area contributed by atoms with Gasteiger partial charge in [-0.25, -0.2) is 4.39 Å². The Labute approximate surface area is 139 Å². The minimum Gasteiger partial charge on any atom is -0.505 e. The molecule has 0 saturated carbocycles. The van der Waals surface area contributed by atoms with Crippen LogP contribution in [0.25, 0.3) is 0 Å². The second-order valence-corrected chi connectivity index (χ2v) is 5.12. The smallest absolute Gasteiger partial charge is 0.179 e. The molecular formula is C13H18BrCl2FN2O. The molecule has 20 heavy (non-hydrogen) atoms. The van der Waals surface area contributed by atoms with Gasteiger partial charge in [0.05, 0.1) is 10.5 Å². The summed E-state index contributed by atoms with van der Waals surface area (Å²) in [5.74, 6) is -0.915. The van der Waals surface area contributed by atoms with Gasteiger partial charge in [-0.15, -0.1) is 31.4 Å². The summed E-state index contributed by atoms with van der Waals surface area (Å²) in [5, 5.41) is 13.2. The molecule has 0 aromatic heterocycles. The molecule has 7 heteroatoms. The normalized spacial score (nSPS) is 16.7. The van der Waals surface area contributed by atoms with E-state index in [0.717, 1.165) is 26.2 Å². The van der Waals surface area contributed by atoms with Crippen LogP contribution in [0.5, 0.6) is 5.75 Å². The second-order valence-electron chi connectivity index (χ2n) is 4.27. The summed E-state index contributed by atoms with van der Waals surface area (Å²) in [7, 11) is 0. The van der Waals surface area contributed by atoms with E-state index in [0.29, 0.717) is 5.56 Å². The first-order valence-electron chi connectivity index (χ1n) is 5.89. The minimum atomic E-state index is -0.616. The van der Waals surface area contributed by atoms with Crippen molar-refractivity contribution in [3.63, 3.8) is 0 Å². The topological polar surface area (TPSA) is 35.5 Å². The first kappa shape index (κ1) is 19.7. The van der Waals surface area contributed by atoms with E-state index in [1.807, 2.05) is 0 Å². The van der Waals surface area contributed by atoms with Crippen LogP contribution in [0.1, 0.15) is 11.6 Å². The number of nitrogens with zero attached hydrogens (tertiary/aromatic N) is 1. The zero-order valence-corrected chi connectivity index (χ0v) is 14.0. The summed E-state index contributed by atoms with van der Waals surface area (Å²) in [6.45, 7) is 7.29. The molecule has 3 nitrogen and oxygen atoms in total. The number of hydrogen-bond donors (Lipinski definition) is 2. The fraction of sp³-hybridized carbons (Fsp3) is 0.385. The predicted octanol–water partition coefficient (Wildman–Crippen LogP) is 3.27. The third kappa shape index (κ3) is 4.09. The van der Waals surface area contributed by atoms with Crippen LogP contribution >= 0.6 is 40.7 Å². The molecule has 0 spiro atoms. The zero-order chi connectivity index (χ0) is 13.1. The van der Waals surface area contributed by atoms with Crippen LogP contribution in [0, 0.1) is 5.82 Å². The number of hydrogen-bond acceptors (Lipinski definition) is 3. The summed E-state index contributed by atoms with van der Waals surface area (Å²) in [6.07, 6.45) is 1.74. The highest BCUT2D eigenvalue weighted by molar-refractivity contribution is 9.10. The van der Waals surface area contributed by atoms with Crippen molar-refractivity contribution in [3.05, 3.63) is 40.6 Å². The van der Waals surface area contributed by atoms with Crippen molar-refractivity contribution < 1.29 is 9.50 Å². The number of benzene rings is 1. The van der Waals surface area contributed by atoms with E-state index in [9.17, 15) is 9.50 Å². The first-order valence-corrected chi connectivity index (χ1v) is 6.68. The summed E-state index contributed by atoms with van der Waals surface area (Å²) < 4.78 is 14.0. The van der Waals surface area contributed by atoms with Crippen molar-refractivity contribution in [2.24, 2.45) is 0 Å². The van der Waals surface area contributed by atoms with Crippen molar-refractivity contribution in [2.75, 3.05) is 26.2 Å². The maximum Gasteiger partial charge on any atom is 0.179 e. The molecular weight excluding hydrogens is 370 g/mol. The van der Waals surface area contributed by atoms with Crippen LogP contribution in [-0.4, -0.2) is 36.2 Å². The van der Waals surface area contributed by atoms with Gasteiger partial charge in [-0.2, -0.15) is 0 Å². The molecule has 1 atom stereocenters. The molecule has 1 aromatic rings. The van der Waals surface area contributed by atoms with Crippen LogP contribution in [0.15, 0.2) is 29.3 Å². The molecule has 0 amide bonds. The van der Waals surface area contributed by atoms with Crippen molar-refractivity contribution >= 4 is 40.7 Å². The van der Waals surface area contributed by atoms with E-state index in [1.165, 1.54) is 0 Å². The summed E-state index contributed by atoms with van der Waals surface area (Å²) in [5.41, 5.74) is 0.563. The first-order chi connectivity index (χ1) is 8.65. The lowest BCUT2D eigenvalue weighted by atomic mass is 10.0. The minimum absolute atomic E-state index is 0. The van der Waals surface area contributed by atoms with E-state index in [-0.39, 0.29) is 41.1 Å². The number of piperazine rings is 1. The number of phenolic OH excluding ortho intramolecular Hbond substituents is 1. The Hall–Kier alpha value is -0.330. The van der Waals surface area contributed by atoms with Crippen LogP contribution < -0.4 is 5.32 Å². The predicted molar refractivity (Wildman–Crippen MR) is 87.6 cm³/mol. The fourth-order valence-electron chi connectivity index (χ4n) is 2.23. The van der Waals surface area contributed by atoms with Crippen LogP contribution in [-0.2, 0) is 0 Å². The monoisotopic (exact) mass is 386 g/mol. The average molecular weight is 388 g/mol. The molecule has 2 rings (SSSR count). The van der Waals surface area contributed by atoms with Crippen molar-refractivity contribution in [1.29, 1.82) is 0 Å². The molecule has 1 fully saturated rings. The highest BCUT2D eigenvalue weighted by atomic mass is 79.9. The van der Waals surface area contributed by atoms with E-state index in [4.69, 9.17) is 0 Å². The molecule has 0 radical (unpaired) electrons.